The van der Waals surface area contributed by atoms with E-state index in [1.54, 1.807) is 18.6 Å². The summed E-state index contributed by atoms with van der Waals surface area (Å²) in [5.74, 6) is -0.270. The standard InChI is InChI=1S/C15H20N4O2/c1-15(2,3)21-13(20)10-17-8-12-9-18-19-14(12)11-5-4-6-16-7-11/h4-7,9,17H,8,10H2,1-3H3,(H,18,19). The second kappa shape index (κ2) is 6.49. The van der Waals surface area contributed by atoms with Crippen LogP contribution in [0.25, 0.3) is 11.3 Å². The Morgan fingerprint density at radius 2 is 2.19 bits per heavy atom. The molecule has 21 heavy (non-hydrogen) atoms. The first-order chi connectivity index (χ1) is 9.96. The van der Waals surface area contributed by atoms with Gasteiger partial charge in [-0.1, -0.05) is 0 Å². The van der Waals surface area contributed by atoms with Crippen LogP contribution in [-0.2, 0) is 16.1 Å². The lowest BCUT2D eigenvalue weighted by Gasteiger charge is -2.19. The lowest BCUT2D eigenvalue weighted by molar-refractivity contribution is -0.153. The average Bonchev–Trinajstić information content (AvgIpc) is 2.86. The van der Waals surface area contributed by atoms with E-state index in [9.17, 15) is 4.79 Å². The Bertz CT molecular complexity index is 587. The first kappa shape index (κ1) is 15.2. The van der Waals surface area contributed by atoms with Crippen molar-refractivity contribution in [3.8, 4) is 11.3 Å². The van der Waals surface area contributed by atoms with E-state index in [4.69, 9.17) is 4.74 Å². The van der Waals surface area contributed by atoms with Crippen LogP contribution >= 0.6 is 0 Å². The molecular formula is C15H20N4O2. The first-order valence-corrected chi connectivity index (χ1v) is 6.81. The number of nitrogens with zero attached hydrogens (tertiary/aromatic N) is 2. The maximum absolute atomic E-state index is 11.6. The number of H-pyrrole nitrogens is 1. The molecule has 0 spiro atoms. The van der Waals surface area contributed by atoms with Gasteiger partial charge in [-0.15, -0.1) is 0 Å². The summed E-state index contributed by atoms with van der Waals surface area (Å²) < 4.78 is 5.24. The third kappa shape index (κ3) is 4.68. The number of carbonyl (C=O) groups is 1. The molecule has 0 fully saturated rings. The number of rotatable bonds is 5. The monoisotopic (exact) mass is 288 g/mol. The van der Waals surface area contributed by atoms with E-state index < -0.39 is 5.60 Å². The number of pyridine rings is 1. The SMILES string of the molecule is CC(C)(C)OC(=O)CNCc1cn[nH]c1-c1cccnc1. The molecule has 0 amide bonds. The molecule has 0 saturated heterocycles. The van der Waals surface area contributed by atoms with Crippen LogP contribution in [0.2, 0.25) is 0 Å². The molecule has 2 rings (SSSR count). The summed E-state index contributed by atoms with van der Waals surface area (Å²) >= 11 is 0. The van der Waals surface area contributed by atoms with E-state index in [1.165, 1.54) is 0 Å². The van der Waals surface area contributed by atoms with E-state index in [1.807, 2.05) is 32.9 Å². The molecule has 6 heteroatoms. The zero-order valence-electron chi connectivity index (χ0n) is 12.5. The van der Waals surface area contributed by atoms with Crippen LogP contribution in [0.4, 0.5) is 0 Å². The van der Waals surface area contributed by atoms with Crippen LogP contribution in [0, 0.1) is 0 Å². The number of ether oxygens (including phenoxy) is 1. The van der Waals surface area contributed by atoms with E-state index in [0.717, 1.165) is 16.8 Å². The molecule has 0 unspecified atom stereocenters. The second-order valence-corrected chi connectivity index (χ2v) is 5.70. The minimum absolute atomic E-state index is 0.162. The van der Waals surface area contributed by atoms with Gasteiger partial charge in [-0.2, -0.15) is 5.10 Å². The fourth-order valence-electron chi connectivity index (χ4n) is 1.88. The molecule has 0 aromatic carbocycles. The molecule has 112 valence electrons. The lowest BCUT2D eigenvalue weighted by Crippen LogP contribution is -2.31. The Kier molecular flexibility index (Phi) is 4.70. The topological polar surface area (TPSA) is 79.9 Å². The number of esters is 1. The maximum Gasteiger partial charge on any atom is 0.320 e. The van der Waals surface area contributed by atoms with Gasteiger partial charge in [0.1, 0.15) is 5.60 Å². The van der Waals surface area contributed by atoms with E-state index in [2.05, 4.69) is 20.5 Å². The minimum Gasteiger partial charge on any atom is -0.459 e. The first-order valence-electron chi connectivity index (χ1n) is 6.81. The third-order valence-corrected chi connectivity index (χ3v) is 2.67. The lowest BCUT2D eigenvalue weighted by atomic mass is 10.1. The van der Waals surface area contributed by atoms with Gasteiger partial charge in [-0.25, -0.2) is 0 Å². The molecule has 0 aliphatic carbocycles. The summed E-state index contributed by atoms with van der Waals surface area (Å²) in [5, 5.41) is 10.1. The van der Waals surface area contributed by atoms with Gasteiger partial charge < -0.3 is 10.1 Å². The van der Waals surface area contributed by atoms with Crippen molar-refractivity contribution in [1.82, 2.24) is 20.5 Å². The van der Waals surface area contributed by atoms with Gasteiger partial charge in [-0.3, -0.25) is 14.9 Å². The predicted molar refractivity (Wildman–Crippen MR) is 79.4 cm³/mol. The zero-order chi connectivity index (χ0) is 15.3. The quantitative estimate of drug-likeness (QED) is 0.821. The van der Waals surface area contributed by atoms with Crippen molar-refractivity contribution >= 4 is 5.97 Å². The van der Waals surface area contributed by atoms with Crippen LogP contribution in [0.1, 0.15) is 26.3 Å². The van der Waals surface area contributed by atoms with Crippen molar-refractivity contribution in [1.29, 1.82) is 0 Å². The molecule has 0 saturated carbocycles. The van der Waals surface area contributed by atoms with Crippen LogP contribution in [-0.4, -0.2) is 33.3 Å². The summed E-state index contributed by atoms with van der Waals surface area (Å²) in [6.07, 6.45) is 5.23. The number of hydrogen-bond donors (Lipinski definition) is 2. The fraction of sp³-hybridized carbons (Fsp3) is 0.400. The van der Waals surface area contributed by atoms with Crippen molar-refractivity contribution in [2.45, 2.75) is 32.9 Å². The van der Waals surface area contributed by atoms with Crippen molar-refractivity contribution in [3.63, 3.8) is 0 Å². The van der Waals surface area contributed by atoms with Crippen LogP contribution < -0.4 is 5.32 Å². The van der Waals surface area contributed by atoms with Crippen molar-refractivity contribution in [3.05, 3.63) is 36.3 Å². The van der Waals surface area contributed by atoms with Gasteiger partial charge in [-0.05, 0) is 32.9 Å². The van der Waals surface area contributed by atoms with E-state index in [-0.39, 0.29) is 12.5 Å². The third-order valence-electron chi connectivity index (χ3n) is 2.67. The summed E-state index contributed by atoms with van der Waals surface area (Å²) in [4.78, 5) is 15.7. The molecule has 2 aromatic heterocycles. The molecule has 0 bridgehead atoms. The largest absolute Gasteiger partial charge is 0.459 e. The van der Waals surface area contributed by atoms with Gasteiger partial charge in [0.15, 0.2) is 0 Å². The normalized spacial score (nSPS) is 11.4. The highest BCUT2D eigenvalue weighted by Crippen LogP contribution is 2.19. The van der Waals surface area contributed by atoms with Gasteiger partial charge in [0.25, 0.3) is 0 Å². The number of hydrogen-bond acceptors (Lipinski definition) is 5. The van der Waals surface area contributed by atoms with Gasteiger partial charge in [0.2, 0.25) is 0 Å². The van der Waals surface area contributed by atoms with Crippen molar-refractivity contribution in [2.24, 2.45) is 0 Å². The van der Waals surface area contributed by atoms with Gasteiger partial charge in [0, 0.05) is 30.1 Å². The van der Waals surface area contributed by atoms with Crippen molar-refractivity contribution in [2.75, 3.05) is 6.54 Å². The molecule has 2 N–H and O–H groups in total. The molecule has 0 radical (unpaired) electrons. The summed E-state index contributed by atoms with van der Waals surface area (Å²) in [6.45, 7) is 6.24. The summed E-state index contributed by atoms with van der Waals surface area (Å²) in [6, 6.07) is 3.83. The van der Waals surface area contributed by atoms with Crippen LogP contribution in [0.3, 0.4) is 0 Å². The second-order valence-electron chi connectivity index (χ2n) is 5.70. The summed E-state index contributed by atoms with van der Waals surface area (Å²) in [5.41, 5.74) is 2.38. The van der Waals surface area contributed by atoms with E-state index in [0.29, 0.717) is 6.54 Å². The molecule has 0 atom stereocenters. The van der Waals surface area contributed by atoms with E-state index >= 15 is 0 Å². The molecule has 0 aliphatic rings. The highest BCUT2D eigenvalue weighted by atomic mass is 16.6. The maximum atomic E-state index is 11.6. The summed E-state index contributed by atoms with van der Waals surface area (Å²) in [7, 11) is 0. The smallest absolute Gasteiger partial charge is 0.320 e. The Hall–Kier alpha value is -2.21. The predicted octanol–water partition coefficient (Wildman–Crippen LogP) is 1.90. The van der Waals surface area contributed by atoms with Gasteiger partial charge in [0.05, 0.1) is 18.4 Å². The Morgan fingerprint density at radius 1 is 1.38 bits per heavy atom. The fourth-order valence-corrected chi connectivity index (χ4v) is 1.88. The number of aromatic nitrogens is 3. The Balaban J connectivity index is 1.91. The molecule has 0 aliphatic heterocycles. The molecule has 6 nitrogen and oxygen atoms in total. The number of carbonyl (C=O) groups excluding carboxylic acids is 1. The molecule has 2 heterocycles. The molecular weight excluding hydrogens is 268 g/mol. The highest BCUT2D eigenvalue weighted by Gasteiger charge is 2.16. The molecule has 2 aromatic rings. The van der Waals surface area contributed by atoms with Crippen LogP contribution in [0.15, 0.2) is 30.7 Å². The van der Waals surface area contributed by atoms with Crippen LogP contribution in [0.5, 0.6) is 0 Å². The van der Waals surface area contributed by atoms with Crippen molar-refractivity contribution < 1.29 is 9.53 Å². The van der Waals surface area contributed by atoms with Gasteiger partial charge >= 0.3 is 5.97 Å². The Morgan fingerprint density at radius 3 is 2.86 bits per heavy atom. The number of aromatic amines is 1. The zero-order valence-corrected chi connectivity index (χ0v) is 12.5. The average molecular weight is 288 g/mol. The highest BCUT2D eigenvalue weighted by molar-refractivity contribution is 5.72. The minimum atomic E-state index is -0.463. The Labute approximate surface area is 123 Å². The number of nitrogens with one attached hydrogen (secondary N) is 2.